The number of carbonyl (C=O) groups is 1. The van der Waals surface area contributed by atoms with Crippen molar-refractivity contribution in [1.82, 2.24) is 9.88 Å². The lowest BCUT2D eigenvalue weighted by atomic mass is 9.71. The molecule has 0 radical (unpaired) electrons. The second kappa shape index (κ2) is 6.49. The van der Waals surface area contributed by atoms with Gasteiger partial charge in [0.15, 0.2) is 0 Å². The van der Waals surface area contributed by atoms with Crippen molar-refractivity contribution >= 4 is 16.9 Å². The van der Waals surface area contributed by atoms with Crippen LogP contribution in [0.4, 0.5) is 0 Å². The number of rotatable bonds is 2. The molecule has 0 amide bonds. The molecule has 3 unspecified atom stereocenters. The van der Waals surface area contributed by atoms with E-state index >= 15 is 0 Å². The number of para-hydroxylation sites is 1. The highest BCUT2D eigenvalue weighted by Gasteiger charge is 2.41. The SMILES string of the molecule is CCC12CCCN(CCc3c([nH]c4ccccc34)C(C(=O)OC)C1)C2. The Labute approximate surface area is 149 Å². The zero-order valence-corrected chi connectivity index (χ0v) is 15.3. The molecule has 25 heavy (non-hydrogen) atoms. The summed E-state index contributed by atoms with van der Waals surface area (Å²) in [5.41, 5.74) is 3.75. The van der Waals surface area contributed by atoms with Gasteiger partial charge in [-0.15, -0.1) is 0 Å². The fraction of sp³-hybridized carbons (Fsp3) is 0.571. The number of aromatic amines is 1. The summed E-state index contributed by atoms with van der Waals surface area (Å²) in [7, 11) is 1.52. The summed E-state index contributed by atoms with van der Waals surface area (Å²) in [6.07, 6.45) is 5.44. The van der Waals surface area contributed by atoms with Gasteiger partial charge in [0.25, 0.3) is 0 Å². The van der Waals surface area contributed by atoms with Gasteiger partial charge in [-0.2, -0.15) is 0 Å². The van der Waals surface area contributed by atoms with Gasteiger partial charge in [-0.1, -0.05) is 25.1 Å². The molecular weight excluding hydrogens is 312 g/mol. The Balaban J connectivity index is 1.86. The molecule has 0 spiro atoms. The van der Waals surface area contributed by atoms with E-state index in [0.717, 1.165) is 43.6 Å². The number of hydrogen-bond donors (Lipinski definition) is 1. The minimum absolute atomic E-state index is 0.0975. The quantitative estimate of drug-likeness (QED) is 0.844. The van der Waals surface area contributed by atoms with Gasteiger partial charge in [0, 0.05) is 29.7 Å². The van der Waals surface area contributed by atoms with Crippen molar-refractivity contribution in [2.75, 3.05) is 26.7 Å². The molecule has 2 aliphatic heterocycles. The molecule has 4 nitrogen and oxygen atoms in total. The molecule has 4 heteroatoms. The summed E-state index contributed by atoms with van der Waals surface area (Å²) < 4.78 is 5.23. The predicted molar refractivity (Wildman–Crippen MR) is 99.8 cm³/mol. The monoisotopic (exact) mass is 340 g/mol. The summed E-state index contributed by atoms with van der Waals surface area (Å²) in [5, 5.41) is 1.26. The number of H-pyrrole nitrogens is 1. The van der Waals surface area contributed by atoms with Gasteiger partial charge in [-0.05, 0) is 55.7 Å². The van der Waals surface area contributed by atoms with Gasteiger partial charge < -0.3 is 14.6 Å². The van der Waals surface area contributed by atoms with Crippen LogP contribution in [-0.4, -0.2) is 42.6 Å². The maximum Gasteiger partial charge on any atom is 0.314 e. The Morgan fingerprint density at radius 3 is 3.00 bits per heavy atom. The second-order valence-electron chi connectivity index (χ2n) is 7.83. The lowest BCUT2D eigenvalue weighted by Gasteiger charge is -2.43. The number of carbonyl (C=O) groups excluding carboxylic acids is 1. The maximum absolute atomic E-state index is 12.7. The van der Waals surface area contributed by atoms with Gasteiger partial charge in [-0.3, -0.25) is 4.79 Å². The van der Waals surface area contributed by atoms with Crippen LogP contribution in [0.25, 0.3) is 10.9 Å². The molecule has 4 rings (SSSR count). The Morgan fingerprint density at radius 1 is 1.36 bits per heavy atom. The van der Waals surface area contributed by atoms with E-state index < -0.39 is 0 Å². The average Bonchev–Trinajstić information content (AvgIpc) is 3.03. The van der Waals surface area contributed by atoms with Crippen molar-refractivity contribution < 1.29 is 9.53 Å². The first-order valence-corrected chi connectivity index (χ1v) is 9.55. The summed E-state index contributed by atoms with van der Waals surface area (Å²) in [6, 6.07) is 8.42. The minimum Gasteiger partial charge on any atom is -0.469 e. The average molecular weight is 340 g/mol. The number of nitrogens with one attached hydrogen (secondary N) is 1. The fourth-order valence-corrected chi connectivity index (χ4v) is 5.04. The number of methoxy groups -OCH3 is 1. The second-order valence-corrected chi connectivity index (χ2v) is 7.83. The van der Waals surface area contributed by atoms with Gasteiger partial charge in [0.05, 0.1) is 13.0 Å². The van der Waals surface area contributed by atoms with Crippen LogP contribution in [-0.2, 0) is 16.0 Å². The topological polar surface area (TPSA) is 45.3 Å². The van der Waals surface area contributed by atoms with Crippen molar-refractivity contribution in [3.8, 4) is 0 Å². The van der Waals surface area contributed by atoms with Crippen molar-refractivity contribution in [2.24, 2.45) is 5.41 Å². The number of aromatic nitrogens is 1. The molecule has 3 atom stereocenters. The van der Waals surface area contributed by atoms with E-state index in [1.807, 2.05) is 0 Å². The van der Waals surface area contributed by atoms with E-state index in [9.17, 15) is 4.79 Å². The molecule has 0 saturated carbocycles. The molecule has 2 aromatic rings. The third kappa shape index (κ3) is 2.86. The van der Waals surface area contributed by atoms with Crippen LogP contribution in [0.15, 0.2) is 24.3 Å². The molecule has 2 aliphatic rings. The Kier molecular flexibility index (Phi) is 4.32. The zero-order valence-electron chi connectivity index (χ0n) is 15.3. The molecule has 3 heterocycles. The van der Waals surface area contributed by atoms with Crippen molar-refractivity contribution in [3.63, 3.8) is 0 Å². The van der Waals surface area contributed by atoms with Crippen LogP contribution in [0.2, 0.25) is 0 Å². The molecule has 1 aromatic carbocycles. The number of fused-ring (bicyclic) bond motifs is 5. The molecule has 1 aromatic heterocycles. The van der Waals surface area contributed by atoms with E-state index in [1.165, 1.54) is 37.4 Å². The highest BCUT2D eigenvalue weighted by atomic mass is 16.5. The first kappa shape index (κ1) is 16.6. The van der Waals surface area contributed by atoms with Crippen molar-refractivity contribution in [1.29, 1.82) is 0 Å². The third-order valence-corrected chi connectivity index (χ3v) is 6.49. The molecule has 134 valence electrons. The standard InChI is InChI=1S/C21H28N2O2/c1-3-21-10-6-11-23(14-21)12-9-16-15-7-4-5-8-18(15)22-19(16)17(13-21)20(24)25-2/h4-5,7-8,17,22H,3,6,9-14H2,1-2H3. The Bertz CT molecular complexity index is 781. The summed E-state index contributed by atoms with van der Waals surface area (Å²) in [5.74, 6) is -0.287. The molecular formula is C21H28N2O2. The number of benzene rings is 1. The first-order valence-electron chi connectivity index (χ1n) is 9.55. The lowest BCUT2D eigenvalue weighted by molar-refractivity contribution is -0.143. The number of esters is 1. The van der Waals surface area contributed by atoms with Gasteiger partial charge in [-0.25, -0.2) is 0 Å². The smallest absolute Gasteiger partial charge is 0.314 e. The molecule has 1 saturated heterocycles. The van der Waals surface area contributed by atoms with Crippen LogP contribution >= 0.6 is 0 Å². The Hall–Kier alpha value is -1.81. The zero-order chi connectivity index (χ0) is 17.4. The summed E-state index contributed by atoms with van der Waals surface area (Å²) in [6.45, 7) is 5.65. The number of piperidine rings is 1. The fourth-order valence-electron chi connectivity index (χ4n) is 5.04. The van der Waals surface area contributed by atoms with Crippen LogP contribution in [0, 0.1) is 5.41 Å². The van der Waals surface area contributed by atoms with Gasteiger partial charge >= 0.3 is 5.97 Å². The van der Waals surface area contributed by atoms with Crippen LogP contribution < -0.4 is 0 Å². The predicted octanol–water partition coefficient (Wildman–Crippen LogP) is 3.86. The van der Waals surface area contributed by atoms with Crippen LogP contribution in [0.5, 0.6) is 0 Å². The molecule has 0 aliphatic carbocycles. The van der Waals surface area contributed by atoms with Gasteiger partial charge in [0.1, 0.15) is 0 Å². The van der Waals surface area contributed by atoms with Crippen LogP contribution in [0.3, 0.4) is 0 Å². The normalized spacial score (nSPS) is 29.4. The third-order valence-electron chi connectivity index (χ3n) is 6.49. The van der Waals surface area contributed by atoms with E-state index in [4.69, 9.17) is 4.74 Å². The summed E-state index contributed by atoms with van der Waals surface area (Å²) in [4.78, 5) is 18.9. The maximum atomic E-state index is 12.7. The molecule has 1 fully saturated rings. The van der Waals surface area contributed by atoms with E-state index in [-0.39, 0.29) is 17.3 Å². The molecule has 1 N–H and O–H groups in total. The largest absolute Gasteiger partial charge is 0.469 e. The number of nitrogens with zero attached hydrogens (tertiary/aromatic N) is 1. The number of hydrogen-bond acceptors (Lipinski definition) is 3. The van der Waals surface area contributed by atoms with Crippen molar-refractivity contribution in [3.05, 3.63) is 35.5 Å². The highest BCUT2D eigenvalue weighted by molar-refractivity contribution is 5.88. The Morgan fingerprint density at radius 2 is 2.20 bits per heavy atom. The van der Waals surface area contributed by atoms with Crippen LogP contribution in [0.1, 0.15) is 49.8 Å². The highest BCUT2D eigenvalue weighted by Crippen LogP contribution is 2.44. The first-order chi connectivity index (χ1) is 12.2. The molecule has 2 bridgehead atoms. The summed E-state index contributed by atoms with van der Waals surface area (Å²) >= 11 is 0. The van der Waals surface area contributed by atoms with E-state index in [2.05, 4.69) is 41.1 Å². The van der Waals surface area contributed by atoms with E-state index in [0.29, 0.717) is 0 Å². The minimum atomic E-state index is -0.189. The lowest BCUT2D eigenvalue weighted by Crippen LogP contribution is -2.44. The number of ether oxygens (including phenoxy) is 1. The van der Waals surface area contributed by atoms with Gasteiger partial charge in [0.2, 0.25) is 0 Å². The van der Waals surface area contributed by atoms with Crippen molar-refractivity contribution in [2.45, 2.75) is 44.9 Å². The van der Waals surface area contributed by atoms with E-state index in [1.54, 1.807) is 0 Å².